The molecule has 0 bridgehead atoms. The average molecular weight is 455 g/mol. The fraction of sp³-hybridized carbons (Fsp3) is 0.647. The number of carbonyl (C=O) groups is 3. The number of fused-ring (bicyclic) bond motifs is 1. The number of nitrogen functional groups attached to an aromatic ring is 1. The van der Waals surface area contributed by atoms with Crippen LogP contribution in [0.5, 0.6) is 0 Å². The molecule has 3 aliphatic rings. The Morgan fingerprint density at radius 2 is 2.13 bits per heavy atom. The maximum Gasteiger partial charge on any atom is 0.312 e. The van der Waals surface area contributed by atoms with Crippen LogP contribution in [0.2, 0.25) is 0 Å². The van der Waals surface area contributed by atoms with Crippen LogP contribution >= 0.6 is 23.3 Å². The van der Waals surface area contributed by atoms with E-state index in [2.05, 4.69) is 19.8 Å². The summed E-state index contributed by atoms with van der Waals surface area (Å²) in [7, 11) is 0. The van der Waals surface area contributed by atoms with Gasteiger partial charge in [0.1, 0.15) is 17.5 Å². The molecule has 3 heterocycles. The Kier molecular flexibility index (Phi) is 5.57. The van der Waals surface area contributed by atoms with Gasteiger partial charge in [0, 0.05) is 23.8 Å². The highest BCUT2D eigenvalue weighted by atomic mass is 32.2. The van der Waals surface area contributed by atoms with E-state index in [4.69, 9.17) is 10.6 Å². The van der Waals surface area contributed by atoms with Gasteiger partial charge in [-0.3, -0.25) is 14.4 Å². The highest BCUT2D eigenvalue weighted by Crippen LogP contribution is 2.41. The topological polar surface area (TPSA) is 160 Å². The number of carbonyl (C=O) groups excluding carboxylic acids is 2. The summed E-state index contributed by atoms with van der Waals surface area (Å²) in [6.07, 6.45) is 3.76. The number of carboxylic acid groups (broad SMARTS) is 1. The average Bonchev–Trinajstić information content (AvgIpc) is 3.38. The first-order valence-corrected chi connectivity index (χ1v) is 11.4. The SMILES string of the molecule is CC1(C(=O)O)CS[C@@H]2C(NC(=O)C(=NOC3CCCC3)c3nsc(N)n3)C(=O)N2C1. The number of hydrogen-bond acceptors (Lipinski definition) is 10. The van der Waals surface area contributed by atoms with E-state index in [0.29, 0.717) is 5.75 Å². The third-order valence-corrected chi connectivity index (χ3v) is 7.71. The van der Waals surface area contributed by atoms with Crippen molar-refractivity contribution in [3.05, 3.63) is 5.82 Å². The molecule has 2 amide bonds. The van der Waals surface area contributed by atoms with Crippen LogP contribution < -0.4 is 11.1 Å². The van der Waals surface area contributed by atoms with Crippen molar-refractivity contribution in [1.29, 1.82) is 0 Å². The lowest BCUT2D eigenvalue weighted by molar-refractivity contribution is -0.157. The number of aliphatic carboxylic acids is 1. The van der Waals surface area contributed by atoms with Gasteiger partial charge in [-0.05, 0) is 32.6 Å². The summed E-state index contributed by atoms with van der Waals surface area (Å²) in [6, 6.07) is -0.770. The number of hydrogen-bond donors (Lipinski definition) is 3. The quantitative estimate of drug-likeness (QED) is 0.311. The van der Waals surface area contributed by atoms with Crippen LogP contribution in [0, 0.1) is 5.41 Å². The molecule has 4 rings (SSSR count). The molecule has 0 spiro atoms. The van der Waals surface area contributed by atoms with Gasteiger partial charge in [0.25, 0.3) is 5.91 Å². The van der Waals surface area contributed by atoms with Crippen molar-refractivity contribution in [2.45, 2.75) is 50.1 Å². The lowest BCUT2D eigenvalue weighted by Crippen LogP contribution is -2.73. The van der Waals surface area contributed by atoms with Crippen LogP contribution in [0.1, 0.15) is 38.4 Å². The molecule has 13 heteroatoms. The van der Waals surface area contributed by atoms with Gasteiger partial charge in [-0.25, -0.2) is 0 Å². The van der Waals surface area contributed by atoms with Gasteiger partial charge in [0.15, 0.2) is 5.13 Å². The number of nitrogens with zero attached hydrogens (tertiary/aromatic N) is 4. The van der Waals surface area contributed by atoms with Gasteiger partial charge in [-0.1, -0.05) is 5.16 Å². The van der Waals surface area contributed by atoms with Crippen molar-refractivity contribution in [2.24, 2.45) is 10.6 Å². The third-order valence-electron chi connectivity index (χ3n) is 5.50. The Morgan fingerprint density at radius 3 is 2.77 bits per heavy atom. The van der Waals surface area contributed by atoms with Crippen LogP contribution in [-0.4, -0.2) is 72.7 Å². The minimum absolute atomic E-state index is 0.0476. The first-order chi connectivity index (χ1) is 14.3. The summed E-state index contributed by atoms with van der Waals surface area (Å²) in [4.78, 5) is 47.9. The van der Waals surface area contributed by atoms with E-state index in [9.17, 15) is 19.5 Å². The number of nitrogens with two attached hydrogens (primary N) is 1. The predicted molar refractivity (Wildman–Crippen MR) is 110 cm³/mol. The van der Waals surface area contributed by atoms with Gasteiger partial charge in [0.2, 0.25) is 17.4 Å². The summed E-state index contributed by atoms with van der Waals surface area (Å²) in [6.45, 7) is 1.72. The van der Waals surface area contributed by atoms with E-state index in [0.717, 1.165) is 37.2 Å². The molecule has 3 atom stereocenters. The smallest absolute Gasteiger partial charge is 0.312 e. The normalized spacial score (nSPS) is 29.3. The Morgan fingerprint density at radius 1 is 1.40 bits per heavy atom. The number of carboxylic acids is 1. The van der Waals surface area contributed by atoms with Crippen LogP contribution in [-0.2, 0) is 19.2 Å². The maximum absolute atomic E-state index is 12.9. The van der Waals surface area contributed by atoms with Crippen molar-refractivity contribution < 1.29 is 24.3 Å². The van der Waals surface area contributed by atoms with Gasteiger partial charge < -0.3 is 25.9 Å². The number of rotatable bonds is 6. The summed E-state index contributed by atoms with van der Waals surface area (Å²) in [5.41, 5.74) is 4.51. The molecule has 4 N–H and O–H groups in total. The van der Waals surface area contributed by atoms with Crippen molar-refractivity contribution in [3.8, 4) is 0 Å². The van der Waals surface area contributed by atoms with Crippen LogP contribution in [0.3, 0.4) is 0 Å². The van der Waals surface area contributed by atoms with Crippen molar-refractivity contribution in [3.63, 3.8) is 0 Å². The molecule has 3 fully saturated rings. The molecule has 2 unspecified atom stereocenters. The molecule has 2 aliphatic heterocycles. The number of thioether (sulfide) groups is 1. The molecule has 1 aromatic heterocycles. The minimum atomic E-state index is -1.00. The number of aromatic nitrogens is 2. The summed E-state index contributed by atoms with van der Waals surface area (Å²) in [5.74, 6) is -1.50. The molecule has 0 radical (unpaired) electrons. The fourth-order valence-electron chi connectivity index (χ4n) is 3.68. The molecule has 2 saturated heterocycles. The molecular formula is C17H22N6O5S2. The van der Waals surface area contributed by atoms with E-state index in [1.54, 1.807) is 6.92 Å². The van der Waals surface area contributed by atoms with E-state index < -0.39 is 23.3 Å². The zero-order valence-corrected chi connectivity index (χ0v) is 17.9. The van der Waals surface area contributed by atoms with Gasteiger partial charge in [0.05, 0.1) is 5.41 Å². The number of β-lactam (4-membered cyclic amide) rings is 1. The maximum atomic E-state index is 12.9. The molecular weight excluding hydrogens is 432 g/mol. The molecule has 0 aromatic carbocycles. The molecule has 1 saturated carbocycles. The van der Waals surface area contributed by atoms with Gasteiger partial charge in [-0.15, -0.1) is 11.8 Å². The first-order valence-electron chi connectivity index (χ1n) is 9.58. The monoisotopic (exact) mass is 454 g/mol. The van der Waals surface area contributed by atoms with Crippen LogP contribution in [0.25, 0.3) is 0 Å². The third kappa shape index (κ3) is 3.83. The number of oxime groups is 1. The van der Waals surface area contributed by atoms with Gasteiger partial charge >= 0.3 is 5.97 Å². The fourth-order valence-corrected chi connectivity index (χ4v) is 5.60. The highest BCUT2D eigenvalue weighted by molar-refractivity contribution is 8.00. The van der Waals surface area contributed by atoms with Crippen molar-refractivity contribution in [1.82, 2.24) is 19.6 Å². The van der Waals surface area contributed by atoms with E-state index in [1.807, 2.05) is 0 Å². The Balaban J connectivity index is 1.46. The van der Waals surface area contributed by atoms with Crippen molar-refractivity contribution >= 4 is 51.9 Å². The van der Waals surface area contributed by atoms with E-state index >= 15 is 0 Å². The van der Waals surface area contributed by atoms with Crippen molar-refractivity contribution in [2.75, 3.05) is 18.0 Å². The van der Waals surface area contributed by atoms with Crippen LogP contribution in [0.15, 0.2) is 5.16 Å². The second kappa shape index (κ2) is 8.02. The van der Waals surface area contributed by atoms with Crippen LogP contribution in [0.4, 0.5) is 5.13 Å². The Hall–Kier alpha value is -2.41. The highest BCUT2D eigenvalue weighted by Gasteiger charge is 2.56. The van der Waals surface area contributed by atoms with E-state index in [1.165, 1.54) is 16.7 Å². The molecule has 162 valence electrons. The minimum Gasteiger partial charge on any atom is -0.481 e. The lowest BCUT2D eigenvalue weighted by Gasteiger charge is -2.53. The van der Waals surface area contributed by atoms with Gasteiger partial charge in [-0.2, -0.15) is 9.36 Å². The first kappa shape index (κ1) is 20.8. The lowest BCUT2D eigenvalue weighted by atomic mass is 9.89. The molecule has 1 aromatic rings. The second-order valence-corrected chi connectivity index (χ2v) is 9.78. The number of amides is 2. The molecule has 30 heavy (non-hydrogen) atoms. The summed E-state index contributed by atoms with van der Waals surface area (Å²) < 4.78 is 4.04. The number of anilines is 1. The van der Waals surface area contributed by atoms with E-state index in [-0.39, 0.29) is 40.6 Å². The largest absolute Gasteiger partial charge is 0.481 e. The predicted octanol–water partition coefficient (Wildman–Crippen LogP) is 0.274. The molecule has 1 aliphatic carbocycles. The standard InChI is InChI=1S/C17H22N6O5S2/c1-17(15(26)27)6-23-13(25)10(14(23)29-7-17)19-12(24)9(11-20-16(18)30-22-11)21-28-8-4-2-3-5-8/h8,10,14H,2-7H2,1H3,(H,19,24)(H,26,27)(H2,18,20,22)/t10?,14-,17?/m1/s1. The molecule has 11 nitrogen and oxygen atoms in total. The zero-order chi connectivity index (χ0) is 21.5. The summed E-state index contributed by atoms with van der Waals surface area (Å²) >= 11 is 2.27. The summed E-state index contributed by atoms with van der Waals surface area (Å²) in [5, 5.41) is 15.9. The zero-order valence-electron chi connectivity index (χ0n) is 16.2. The number of nitrogens with one attached hydrogen (secondary N) is 1. The Bertz CT molecular complexity index is 901. The Labute approximate surface area is 180 Å². The second-order valence-electron chi connectivity index (χ2n) is 7.89.